The first-order chi connectivity index (χ1) is 13.0. The Kier molecular flexibility index (Phi) is 9.84. The summed E-state index contributed by atoms with van der Waals surface area (Å²) >= 11 is 4.87. The Morgan fingerprint density at radius 1 is 1.18 bits per heavy atom. The lowest BCUT2D eigenvalue weighted by atomic mass is 9.99. The molecule has 0 aliphatic carbocycles. The molecule has 28 heavy (non-hydrogen) atoms. The Morgan fingerprint density at radius 3 is 2.39 bits per heavy atom. The van der Waals surface area contributed by atoms with Crippen LogP contribution in [0.3, 0.4) is 0 Å². The van der Waals surface area contributed by atoms with Crippen LogP contribution in [-0.4, -0.2) is 44.6 Å². The molecule has 1 aromatic rings. The molecule has 0 spiro atoms. The Labute approximate surface area is 172 Å². The van der Waals surface area contributed by atoms with Crippen molar-refractivity contribution < 1.29 is 26.9 Å². The third-order valence-corrected chi connectivity index (χ3v) is 4.74. The van der Waals surface area contributed by atoms with Crippen LogP contribution in [0.4, 0.5) is 4.79 Å². The highest BCUT2D eigenvalue weighted by atomic mass is 32.2. The van der Waals surface area contributed by atoms with Gasteiger partial charge in [-0.15, -0.1) is 0 Å². The van der Waals surface area contributed by atoms with Gasteiger partial charge in [-0.1, -0.05) is 51.1 Å². The molecule has 0 heterocycles. The van der Waals surface area contributed by atoms with Crippen LogP contribution in [0, 0.1) is 5.41 Å². The number of amides is 1. The van der Waals surface area contributed by atoms with Crippen LogP contribution in [0.15, 0.2) is 30.3 Å². The molecule has 0 aliphatic rings. The highest BCUT2D eigenvalue weighted by molar-refractivity contribution is 7.86. The van der Waals surface area contributed by atoms with Crippen molar-refractivity contribution in [2.45, 2.75) is 46.8 Å². The summed E-state index contributed by atoms with van der Waals surface area (Å²) in [7, 11) is -3.72. The van der Waals surface area contributed by atoms with Crippen molar-refractivity contribution in [3.05, 3.63) is 35.9 Å². The molecule has 0 saturated heterocycles. The first-order valence-electron chi connectivity index (χ1n) is 8.94. The van der Waals surface area contributed by atoms with E-state index in [-0.39, 0.29) is 37.4 Å². The number of ether oxygens (including phenoxy) is 2. The smallest absolute Gasteiger partial charge is 0.407 e. The lowest BCUT2D eigenvalue weighted by Gasteiger charge is -2.20. The largest absolute Gasteiger partial charge is 0.485 e. The lowest BCUT2D eigenvalue weighted by Crippen LogP contribution is -2.40. The predicted octanol–water partition coefficient (Wildman–Crippen LogP) is 3.43. The highest BCUT2D eigenvalue weighted by Gasteiger charge is 2.22. The summed E-state index contributed by atoms with van der Waals surface area (Å²) in [5.74, 6) is -0.257. The maximum absolute atomic E-state index is 12.1. The molecule has 0 fully saturated rings. The van der Waals surface area contributed by atoms with Gasteiger partial charge in [-0.05, 0) is 29.6 Å². The molecule has 1 aromatic carbocycles. The number of carbonyl (C=O) groups excluding carboxylic acids is 1. The zero-order chi connectivity index (χ0) is 21.2. The topological polar surface area (TPSA) is 90.9 Å². The number of hydrogen-bond acceptors (Lipinski definition) is 7. The van der Waals surface area contributed by atoms with Crippen molar-refractivity contribution in [1.82, 2.24) is 5.32 Å². The monoisotopic (exact) mass is 431 g/mol. The molecule has 9 heteroatoms. The standard InChI is InChI=1S/C19H29NO6S2/c1-15(27)24-13-17(10-11-28(22,23)26-14-19(2,3)4)20-18(21)25-12-16-8-6-5-7-9-16/h5-9,17H,10-14H2,1-4H3,(H,20,21)/t17-/m0/s1. The number of nitrogens with one attached hydrogen (secondary N) is 1. The third kappa shape index (κ3) is 11.9. The Balaban J connectivity index is 2.56. The van der Waals surface area contributed by atoms with E-state index in [9.17, 15) is 13.2 Å². The van der Waals surface area contributed by atoms with Gasteiger partial charge in [0.05, 0.1) is 18.4 Å². The summed E-state index contributed by atoms with van der Waals surface area (Å²) in [6.45, 7) is 7.48. The molecule has 1 N–H and O–H groups in total. The zero-order valence-electron chi connectivity index (χ0n) is 16.8. The van der Waals surface area contributed by atoms with Gasteiger partial charge in [0.15, 0.2) is 5.05 Å². The predicted molar refractivity (Wildman–Crippen MR) is 112 cm³/mol. The van der Waals surface area contributed by atoms with E-state index in [1.54, 1.807) is 6.92 Å². The first-order valence-corrected chi connectivity index (χ1v) is 10.9. The fourth-order valence-electron chi connectivity index (χ4n) is 1.96. The molecule has 1 rings (SSSR count). The molecule has 7 nitrogen and oxygen atoms in total. The third-order valence-electron chi connectivity index (χ3n) is 3.41. The van der Waals surface area contributed by atoms with Crippen molar-refractivity contribution >= 4 is 33.5 Å². The number of hydrogen-bond donors (Lipinski definition) is 1. The molecule has 158 valence electrons. The normalized spacial score (nSPS) is 12.9. The highest BCUT2D eigenvalue weighted by Crippen LogP contribution is 2.15. The molecule has 0 aliphatic heterocycles. The van der Waals surface area contributed by atoms with Gasteiger partial charge in [0.25, 0.3) is 10.1 Å². The Bertz CT molecular complexity index is 729. The van der Waals surface area contributed by atoms with Crippen molar-refractivity contribution in [2.24, 2.45) is 5.41 Å². The average molecular weight is 432 g/mol. The number of carbonyl (C=O) groups is 1. The molecule has 0 aromatic heterocycles. The fourth-order valence-corrected chi connectivity index (χ4v) is 3.25. The van der Waals surface area contributed by atoms with Crippen molar-refractivity contribution in [1.29, 1.82) is 0 Å². The van der Waals surface area contributed by atoms with E-state index in [1.807, 2.05) is 51.1 Å². The number of benzene rings is 1. The summed E-state index contributed by atoms with van der Waals surface area (Å²) in [6, 6.07) is 8.64. The van der Waals surface area contributed by atoms with E-state index < -0.39 is 22.3 Å². The molecular formula is C19H29NO6S2. The second-order valence-electron chi connectivity index (χ2n) is 7.58. The zero-order valence-corrected chi connectivity index (χ0v) is 18.4. The van der Waals surface area contributed by atoms with Gasteiger partial charge in [-0.2, -0.15) is 8.42 Å². The van der Waals surface area contributed by atoms with E-state index >= 15 is 0 Å². The molecule has 0 bridgehead atoms. The fraction of sp³-hybridized carbons (Fsp3) is 0.579. The van der Waals surface area contributed by atoms with E-state index in [1.165, 1.54) is 0 Å². The average Bonchev–Trinajstić information content (AvgIpc) is 2.61. The summed E-state index contributed by atoms with van der Waals surface area (Å²) in [6.07, 6.45) is -0.553. The second-order valence-corrected chi connectivity index (χ2v) is 9.91. The van der Waals surface area contributed by atoms with Crippen LogP contribution < -0.4 is 5.32 Å². The molecular weight excluding hydrogens is 402 g/mol. The summed E-state index contributed by atoms with van der Waals surface area (Å²) in [4.78, 5) is 12.1. The molecule has 0 radical (unpaired) electrons. The maximum Gasteiger partial charge on any atom is 0.407 e. The number of rotatable bonds is 10. The van der Waals surface area contributed by atoms with Crippen molar-refractivity contribution in [2.75, 3.05) is 19.0 Å². The Morgan fingerprint density at radius 2 is 1.82 bits per heavy atom. The maximum atomic E-state index is 12.1. The van der Waals surface area contributed by atoms with Crippen molar-refractivity contribution in [3.63, 3.8) is 0 Å². The second kappa shape index (κ2) is 11.3. The van der Waals surface area contributed by atoms with Gasteiger partial charge >= 0.3 is 6.09 Å². The van der Waals surface area contributed by atoms with Crippen LogP contribution in [0.25, 0.3) is 0 Å². The minimum Gasteiger partial charge on any atom is -0.485 e. The van der Waals surface area contributed by atoms with E-state index in [0.29, 0.717) is 5.05 Å². The Hall–Kier alpha value is -1.71. The first kappa shape index (κ1) is 24.3. The van der Waals surface area contributed by atoms with E-state index in [2.05, 4.69) is 5.32 Å². The minimum absolute atomic E-state index is 0.0462. The van der Waals surface area contributed by atoms with Crippen LogP contribution >= 0.6 is 12.2 Å². The van der Waals surface area contributed by atoms with Gasteiger partial charge in [0.2, 0.25) is 0 Å². The van der Waals surface area contributed by atoms with Crippen LogP contribution in [0.5, 0.6) is 0 Å². The van der Waals surface area contributed by atoms with E-state index in [0.717, 1.165) is 5.56 Å². The van der Waals surface area contributed by atoms with Crippen LogP contribution in [0.1, 0.15) is 39.7 Å². The van der Waals surface area contributed by atoms with Gasteiger partial charge in [-0.3, -0.25) is 4.18 Å². The number of alkyl carbamates (subject to hydrolysis) is 1. The molecule has 0 unspecified atom stereocenters. The quantitative estimate of drug-likeness (QED) is 0.448. The molecule has 1 atom stereocenters. The molecule has 0 saturated carbocycles. The summed E-state index contributed by atoms with van der Waals surface area (Å²) < 4.78 is 39.7. The summed E-state index contributed by atoms with van der Waals surface area (Å²) in [5, 5.41) is 2.92. The summed E-state index contributed by atoms with van der Waals surface area (Å²) in [5.41, 5.74) is 0.571. The minimum atomic E-state index is -3.72. The van der Waals surface area contributed by atoms with Crippen LogP contribution in [-0.2, 0) is 30.4 Å². The van der Waals surface area contributed by atoms with Gasteiger partial charge < -0.3 is 14.8 Å². The SMILES string of the molecule is CC(=S)OC[C@H](CCS(=O)(=O)OCC(C)(C)C)NC(=O)OCc1ccccc1. The lowest BCUT2D eigenvalue weighted by molar-refractivity contribution is 0.129. The van der Waals surface area contributed by atoms with Crippen LogP contribution in [0.2, 0.25) is 0 Å². The van der Waals surface area contributed by atoms with Gasteiger partial charge in [0, 0.05) is 6.92 Å². The van der Waals surface area contributed by atoms with Gasteiger partial charge in [-0.25, -0.2) is 4.79 Å². The van der Waals surface area contributed by atoms with Gasteiger partial charge in [0.1, 0.15) is 13.2 Å². The van der Waals surface area contributed by atoms with Crippen molar-refractivity contribution in [3.8, 4) is 0 Å². The number of thiocarbonyl (C=S) groups is 1. The van der Waals surface area contributed by atoms with E-state index in [4.69, 9.17) is 25.9 Å². The molecule has 1 amide bonds.